The van der Waals surface area contributed by atoms with Crippen LogP contribution in [-0.2, 0) is 0 Å². The van der Waals surface area contributed by atoms with Crippen molar-refractivity contribution in [3.05, 3.63) is 30.3 Å². The van der Waals surface area contributed by atoms with Crippen LogP contribution in [-0.4, -0.2) is 12.5 Å². The van der Waals surface area contributed by atoms with Crippen molar-refractivity contribution < 1.29 is 0 Å². The van der Waals surface area contributed by atoms with Crippen LogP contribution in [0, 0.1) is 5.92 Å². The molecule has 0 radical (unpaired) electrons. The lowest BCUT2D eigenvalue weighted by atomic mass is 10.2. The first kappa shape index (κ1) is 10.6. The van der Waals surface area contributed by atoms with Gasteiger partial charge in [0.05, 0.1) is 0 Å². The molecule has 1 aromatic rings. The van der Waals surface area contributed by atoms with Crippen LogP contribution >= 0.6 is 0 Å². The molecule has 1 aromatic carbocycles. The third-order valence-electron chi connectivity index (χ3n) is 1.67. The summed E-state index contributed by atoms with van der Waals surface area (Å²) in [5, 5.41) is 3.02. The number of hydrogen-bond acceptors (Lipinski definition) is 1. The summed E-state index contributed by atoms with van der Waals surface area (Å²) in [6.07, 6.45) is 0. The molecule has 0 fully saturated rings. The summed E-state index contributed by atoms with van der Waals surface area (Å²) in [5.74, 6) is 1.01. The van der Waals surface area contributed by atoms with E-state index in [1.54, 1.807) is 0 Å². The number of anilines is 1. The Balaban J connectivity index is 2.49. The minimum Gasteiger partial charge on any atom is -0.370 e. The zero-order valence-corrected chi connectivity index (χ0v) is 8.70. The van der Waals surface area contributed by atoms with E-state index in [1.807, 2.05) is 30.3 Å². The number of nitrogens with zero attached hydrogens (tertiary/aromatic N) is 1. The Morgan fingerprint density at radius 2 is 2.00 bits per heavy atom. The predicted molar refractivity (Wildman–Crippen MR) is 61.4 cm³/mol. The topological polar surface area (TPSA) is 50.4 Å². The van der Waals surface area contributed by atoms with Gasteiger partial charge in [-0.2, -0.15) is 0 Å². The van der Waals surface area contributed by atoms with Crippen molar-refractivity contribution in [3.8, 4) is 0 Å². The maximum atomic E-state index is 5.69. The van der Waals surface area contributed by atoms with E-state index in [1.165, 1.54) is 0 Å². The molecule has 0 aliphatic carbocycles. The van der Waals surface area contributed by atoms with E-state index in [0.717, 1.165) is 12.2 Å². The minimum atomic E-state index is 0.477. The number of guanidine groups is 1. The lowest BCUT2D eigenvalue weighted by Gasteiger charge is -2.05. The summed E-state index contributed by atoms with van der Waals surface area (Å²) in [6.45, 7) is 4.98. The van der Waals surface area contributed by atoms with Crippen LogP contribution in [0.15, 0.2) is 35.3 Å². The molecule has 0 saturated heterocycles. The van der Waals surface area contributed by atoms with E-state index in [0.29, 0.717) is 11.9 Å². The number of nitrogens with one attached hydrogen (secondary N) is 1. The molecule has 3 N–H and O–H groups in total. The zero-order valence-electron chi connectivity index (χ0n) is 8.70. The van der Waals surface area contributed by atoms with Gasteiger partial charge in [-0.3, -0.25) is 4.99 Å². The van der Waals surface area contributed by atoms with Crippen LogP contribution in [0.3, 0.4) is 0 Å². The third-order valence-corrected chi connectivity index (χ3v) is 1.67. The first-order valence-electron chi connectivity index (χ1n) is 4.80. The van der Waals surface area contributed by atoms with E-state index in [-0.39, 0.29) is 0 Å². The summed E-state index contributed by atoms with van der Waals surface area (Å²) in [6, 6.07) is 9.79. The van der Waals surface area contributed by atoms with Crippen LogP contribution < -0.4 is 11.1 Å². The maximum absolute atomic E-state index is 5.69. The smallest absolute Gasteiger partial charge is 0.193 e. The van der Waals surface area contributed by atoms with Gasteiger partial charge < -0.3 is 11.1 Å². The normalized spacial score (nSPS) is 11.8. The van der Waals surface area contributed by atoms with Crippen molar-refractivity contribution in [1.29, 1.82) is 0 Å². The highest BCUT2D eigenvalue weighted by Crippen LogP contribution is 2.03. The van der Waals surface area contributed by atoms with Crippen LogP contribution in [0.25, 0.3) is 0 Å². The molecule has 0 aliphatic heterocycles. The largest absolute Gasteiger partial charge is 0.370 e. The molecule has 0 amide bonds. The molecule has 0 unspecified atom stereocenters. The molecule has 14 heavy (non-hydrogen) atoms. The number of nitrogens with two attached hydrogens (primary N) is 1. The van der Waals surface area contributed by atoms with E-state index in [9.17, 15) is 0 Å². The van der Waals surface area contributed by atoms with Crippen molar-refractivity contribution in [2.75, 3.05) is 11.9 Å². The van der Waals surface area contributed by atoms with Gasteiger partial charge >= 0.3 is 0 Å². The second-order valence-corrected chi connectivity index (χ2v) is 3.61. The summed E-state index contributed by atoms with van der Waals surface area (Å²) in [7, 11) is 0. The van der Waals surface area contributed by atoms with Crippen molar-refractivity contribution in [2.45, 2.75) is 13.8 Å². The average molecular weight is 191 g/mol. The Morgan fingerprint density at radius 3 is 2.57 bits per heavy atom. The van der Waals surface area contributed by atoms with E-state index in [4.69, 9.17) is 5.73 Å². The molecule has 0 atom stereocenters. The molecule has 76 valence electrons. The fourth-order valence-corrected chi connectivity index (χ4v) is 0.990. The summed E-state index contributed by atoms with van der Waals surface area (Å²) < 4.78 is 0. The van der Waals surface area contributed by atoms with Gasteiger partial charge in [0.25, 0.3) is 0 Å². The fourth-order valence-electron chi connectivity index (χ4n) is 0.990. The number of rotatable bonds is 3. The Labute approximate surface area is 85.0 Å². The second kappa shape index (κ2) is 5.27. The molecule has 0 heterocycles. The first-order chi connectivity index (χ1) is 6.68. The Hall–Kier alpha value is -1.51. The molecule has 3 nitrogen and oxygen atoms in total. The lowest BCUT2D eigenvalue weighted by molar-refractivity contribution is 0.665. The standard InChI is InChI=1S/C11H17N3/c1-9(2)8-13-11(12)14-10-6-4-3-5-7-10/h3-7,9H,8H2,1-2H3,(H3,12,13,14). The van der Waals surface area contributed by atoms with Gasteiger partial charge in [0.15, 0.2) is 5.96 Å². The van der Waals surface area contributed by atoms with E-state index >= 15 is 0 Å². The van der Waals surface area contributed by atoms with Gasteiger partial charge in [0.1, 0.15) is 0 Å². The van der Waals surface area contributed by atoms with Crippen molar-refractivity contribution in [1.82, 2.24) is 0 Å². The van der Waals surface area contributed by atoms with E-state index in [2.05, 4.69) is 24.2 Å². The molecular formula is C11H17N3. The Morgan fingerprint density at radius 1 is 1.36 bits per heavy atom. The Bertz CT molecular complexity index is 291. The molecule has 1 rings (SSSR count). The quantitative estimate of drug-likeness (QED) is 0.567. The summed E-state index contributed by atoms with van der Waals surface area (Å²) in [4.78, 5) is 4.20. The molecule has 0 aromatic heterocycles. The van der Waals surface area contributed by atoms with Crippen LogP contribution in [0.1, 0.15) is 13.8 Å². The van der Waals surface area contributed by atoms with Crippen molar-refractivity contribution >= 4 is 11.6 Å². The molecule has 0 spiro atoms. The number of para-hydroxylation sites is 1. The molecule has 3 heteroatoms. The monoisotopic (exact) mass is 191 g/mol. The number of aliphatic imine (C=N–C) groups is 1. The first-order valence-corrected chi connectivity index (χ1v) is 4.80. The van der Waals surface area contributed by atoms with Gasteiger partial charge in [-0.25, -0.2) is 0 Å². The third kappa shape index (κ3) is 3.94. The highest BCUT2D eigenvalue weighted by Gasteiger charge is 1.94. The SMILES string of the molecule is CC(C)CN=C(N)Nc1ccccc1. The lowest BCUT2D eigenvalue weighted by Crippen LogP contribution is -2.23. The van der Waals surface area contributed by atoms with Gasteiger partial charge in [-0.15, -0.1) is 0 Å². The molecule has 0 saturated carbocycles. The van der Waals surface area contributed by atoms with Crippen LogP contribution in [0.4, 0.5) is 5.69 Å². The van der Waals surface area contributed by atoms with Crippen LogP contribution in [0.5, 0.6) is 0 Å². The van der Waals surface area contributed by atoms with Gasteiger partial charge in [-0.1, -0.05) is 32.0 Å². The predicted octanol–water partition coefficient (Wildman–Crippen LogP) is 2.07. The maximum Gasteiger partial charge on any atom is 0.193 e. The van der Waals surface area contributed by atoms with Gasteiger partial charge in [-0.05, 0) is 18.1 Å². The zero-order chi connectivity index (χ0) is 10.4. The molecule has 0 aliphatic rings. The summed E-state index contributed by atoms with van der Waals surface area (Å²) >= 11 is 0. The van der Waals surface area contributed by atoms with Crippen molar-refractivity contribution in [2.24, 2.45) is 16.6 Å². The Kier molecular flexibility index (Phi) is 3.98. The summed E-state index contributed by atoms with van der Waals surface area (Å²) in [5.41, 5.74) is 6.66. The fraction of sp³-hybridized carbons (Fsp3) is 0.364. The second-order valence-electron chi connectivity index (χ2n) is 3.61. The molecular weight excluding hydrogens is 174 g/mol. The van der Waals surface area contributed by atoms with Crippen molar-refractivity contribution in [3.63, 3.8) is 0 Å². The van der Waals surface area contributed by atoms with E-state index < -0.39 is 0 Å². The average Bonchev–Trinajstić information content (AvgIpc) is 2.16. The minimum absolute atomic E-state index is 0.477. The highest BCUT2D eigenvalue weighted by molar-refractivity contribution is 5.92. The number of hydrogen-bond donors (Lipinski definition) is 2. The highest BCUT2D eigenvalue weighted by atomic mass is 15.1. The van der Waals surface area contributed by atoms with Crippen LogP contribution in [0.2, 0.25) is 0 Å². The van der Waals surface area contributed by atoms with Gasteiger partial charge in [0.2, 0.25) is 0 Å². The van der Waals surface area contributed by atoms with Gasteiger partial charge in [0, 0.05) is 12.2 Å². The number of benzene rings is 1. The molecule has 0 bridgehead atoms.